The summed E-state index contributed by atoms with van der Waals surface area (Å²) >= 11 is 12.2. The lowest BCUT2D eigenvalue weighted by atomic mass is 9.95. The van der Waals surface area contributed by atoms with Gasteiger partial charge < -0.3 is 10.6 Å². The number of hydrogen-bond donors (Lipinski definition) is 2. The van der Waals surface area contributed by atoms with Crippen LogP contribution in [-0.2, 0) is 9.59 Å². The zero-order chi connectivity index (χ0) is 20.1. The van der Waals surface area contributed by atoms with Crippen molar-refractivity contribution < 1.29 is 9.59 Å². The Kier molecular flexibility index (Phi) is 6.94. The Labute approximate surface area is 175 Å². The van der Waals surface area contributed by atoms with Crippen LogP contribution in [0.3, 0.4) is 0 Å². The molecular formula is C21H23Cl2N3O2. The Morgan fingerprint density at radius 3 is 2.57 bits per heavy atom. The second-order valence-electron chi connectivity index (χ2n) is 6.96. The standard InChI is InChI=1S/C21H23Cl2N3O2/c1-14(20(27)25-18-11-5-10-17(22)19(18)23)26-12-6-7-15(13-26)21(28)24-16-8-3-2-4-9-16/h2-5,8-11,14-15H,6-7,12-13H2,1H3,(H,24,28)(H,25,27)/t14-,15+/m1/s1. The molecule has 0 radical (unpaired) electrons. The van der Waals surface area contributed by atoms with Gasteiger partial charge in [0.1, 0.15) is 0 Å². The summed E-state index contributed by atoms with van der Waals surface area (Å²) in [5.74, 6) is -0.339. The number of amides is 2. The largest absolute Gasteiger partial charge is 0.326 e. The molecule has 2 N–H and O–H groups in total. The molecule has 2 atom stereocenters. The van der Waals surface area contributed by atoms with Crippen molar-refractivity contribution in [2.45, 2.75) is 25.8 Å². The van der Waals surface area contributed by atoms with E-state index in [9.17, 15) is 9.59 Å². The molecular weight excluding hydrogens is 397 g/mol. The second kappa shape index (κ2) is 9.41. The molecule has 2 aromatic carbocycles. The number of para-hydroxylation sites is 1. The van der Waals surface area contributed by atoms with Gasteiger partial charge in [0.15, 0.2) is 0 Å². The van der Waals surface area contributed by atoms with Crippen LogP contribution in [0.2, 0.25) is 10.0 Å². The van der Waals surface area contributed by atoms with Gasteiger partial charge in [0.2, 0.25) is 11.8 Å². The van der Waals surface area contributed by atoms with Crippen molar-refractivity contribution in [3.63, 3.8) is 0 Å². The van der Waals surface area contributed by atoms with Crippen molar-refractivity contribution in [1.29, 1.82) is 0 Å². The molecule has 0 unspecified atom stereocenters. The number of anilines is 2. The summed E-state index contributed by atoms with van der Waals surface area (Å²) in [7, 11) is 0. The maximum atomic E-state index is 12.7. The lowest BCUT2D eigenvalue weighted by Crippen LogP contribution is -2.49. The van der Waals surface area contributed by atoms with Gasteiger partial charge in [0.05, 0.1) is 27.7 Å². The van der Waals surface area contributed by atoms with E-state index in [0.717, 1.165) is 25.1 Å². The van der Waals surface area contributed by atoms with Crippen LogP contribution in [0.1, 0.15) is 19.8 Å². The molecule has 5 nitrogen and oxygen atoms in total. The molecule has 1 aliphatic rings. The smallest absolute Gasteiger partial charge is 0.241 e. The van der Waals surface area contributed by atoms with Crippen LogP contribution in [0.4, 0.5) is 11.4 Å². The number of likely N-dealkylation sites (tertiary alicyclic amines) is 1. The van der Waals surface area contributed by atoms with E-state index in [0.29, 0.717) is 22.3 Å². The lowest BCUT2D eigenvalue weighted by Gasteiger charge is -2.35. The van der Waals surface area contributed by atoms with E-state index < -0.39 is 0 Å². The first-order valence-corrected chi connectivity index (χ1v) is 10.1. The van der Waals surface area contributed by atoms with Gasteiger partial charge in [-0.05, 0) is 50.6 Å². The first-order valence-electron chi connectivity index (χ1n) is 9.30. The molecule has 1 heterocycles. The number of hydrogen-bond acceptors (Lipinski definition) is 3. The van der Waals surface area contributed by atoms with Crippen LogP contribution >= 0.6 is 23.2 Å². The minimum absolute atomic E-state index is 0.0126. The number of carbonyl (C=O) groups excluding carboxylic acids is 2. The average molecular weight is 420 g/mol. The van der Waals surface area contributed by atoms with Crippen molar-refractivity contribution in [2.24, 2.45) is 5.92 Å². The van der Waals surface area contributed by atoms with Crippen LogP contribution in [0.25, 0.3) is 0 Å². The zero-order valence-corrected chi connectivity index (χ0v) is 17.1. The third-order valence-electron chi connectivity index (χ3n) is 5.00. The van der Waals surface area contributed by atoms with Crippen LogP contribution in [0, 0.1) is 5.92 Å². The summed E-state index contributed by atoms with van der Waals surface area (Å²) in [5, 5.41) is 6.50. The van der Waals surface area contributed by atoms with Gasteiger partial charge in [-0.1, -0.05) is 47.5 Å². The molecule has 148 valence electrons. The van der Waals surface area contributed by atoms with Crippen molar-refractivity contribution in [1.82, 2.24) is 4.90 Å². The molecule has 2 amide bonds. The fourth-order valence-corrected chi connectivity index (χ4v) is 3.69. The molecule has 7 heteroatoms. The van der Waals surface area contributed by atoms with Crippen LogP contribution < -0.4 is 10.6 Å². The summed E-state index contributed by atoms with van der Waals surface area (Å²) in [6, 6.07) is 14.1. The third kappa shape index (κ3) is 5.04. The Morgan fingerprint density at radius 2 is 1.82 bits per heavy atom. The van der Waals surface area contributed by atoms with E-state index in [1.165, 1.54) is 0 Å². The molecule has 3 rings (SSSR count). The van der Waals surface area contributed by atoms with Crippen LogP contribution in [-0.4, -0.2) is 35.8 Å². The molecule has 28 heavy (non-hydrogen) atoms. The minimum Gasteiger partial charge on any atom is -0.326 e. The van der Waals surface area contributed by atoms with E-state index in [1.807, 2.05) is 42.2 Å². The highest BCUT2D eigenvalue weighted by atomic mass is 35.5. The Morgan fingerprint density at radius 1 is 1.07 bits per heavy atom. The monoisotopic (exact) mass is 419 g/mol. The van der Waals surface area contributed by atoms with E-state index in [4.69, 9.17) is 23.2 Å². The quantitative estimate of drug-likeness (QED) is 0.739. The van der Waals surface area contributed by atoms with Gasteiger partial charge in [-0.25, -0.2) is 0 Å². The lowest BCUT2D eigenvalue weighted by molar-refractivity contribution is -0.125. The molecule has 0 bridgehead atoms. The zero-order valence-electron chi connectivity index (χ0n) is 15.6. The third-order valence-corrected chi connectivity index (χ3v) is 5.82. The van der Waals surface area contributed by atoms with Crippen molar-refractivity contribution >= 4 is 46.4 Å². The molecule has 0 saturated carbocycles. The molecule has 0 aromatic heterocycles. The van der Waals surface area contributed by atoms with Gasteiger partial charge in [0.25, 0.3) is 0 Å². The molecule has 1 fully saturated rings. The number of piperidine rings is 1. The van der Waals surface area contributed by atoms with Gasteiger partial charge in [-0.15, -0.1) is 0 Å². The fraction of sp³-hybridized carbons (Fsp3) is 0.333. The first kappa shape index (κ1) is 20.6. The number of rotatable bonds is 5. The molecule has 1 aliphatic heterocycles. The number of benzene rings is 2. The fourth-order valence-electron chi connectivity index (χ4n) is 3.34. The number of carbonyl (C=O) groups is 2. The predicted molar refractivity (Wildman–Crippen MR) is 114 cm³/mol. The SMILES string of the molecule is C[C@H](C(=O)Nc1cccc(Cl)c1Cl)N1CCC[C@H](C(=O)Nc2ccccc2)C1. The van der Waals surface area contributed by atoms with Crippen molar-refractivity contribution in [3.8, 4) is 0 Å². The summed E-state index contributed by atoms with van der Waals surface area (Å²) in [6.07, 6.45) is 1.67. The normalized spacial score (nSPS) is 18.3. The molecule has 0 spiro atoms. The minimum atomic E-state index is -0.387. The maximum Gasteiger partial charge on any atom is 0.241 e. The van der Waals surface area contributed by atoms with Gasteiger partial charge in [-0.3, -0.25) is 14.5 Å². The van der Waals surface area contributed by atoms with Gasteiger partial charge in [-0.2, -0.15) is 0 Å². The highest BCUT2D eigenvalue weighted by Gasteiger charge is 2.31. The number of nitrogens with zero attached hydrogens (tertiary/aromatic N) is 1. The van der Waals surface area contributed by atoms with Crippen LogP contribution in [0.15, 0.2) is 48.5 Å². The highest BCUT2D eigenvalue weighted by Crippen LogP contribution is 2.30. The second-order valence-corrected chi connectivity index (χ2v) is 7.74. The Bertz CT molecular complexity index is 845. The van der Waals surface area contributed by atoms with Gasteiger partial charge in [0, 0.05) is 12.2 Å². The molecule has 1 saturated heterocycles. The average Bonchev–Trinajstić information content (AvgIpc) is 2.71. The molecule has 2 aromatic rings. The summed E-state index contributed by atoms with van der Waals surface area (Å²) in [6.45, 7) is 3.15. The van der Waals surface area contributed by atoms with Crippen molar-refractivity contribution in [3.05, 3.63) is 58.6 Å². The van der Waals surface area contributed by atoms with E-state index >= 15 is 0 Å². The first-order chi connectivity index (χ1) is 13.5. The van der Waals surface area contributed by atoms with E-state index in [-0.39, 0.29) is 23.8 Å². The Balaban J connectivity index is 1.60. The topological polar surface area (TPSA) is 61.4 Å². The number of halogens is 2. The highest BCUT2D eigenvalue weighted by molar-refractivity contribution is 6.44. The van der Waals surface area contributed by atoms with Crippen LogP contribution in [0.5, 0.6) is 0 Å². The summed E-state index contributed by atoms with van der Waals surface area (Å²) in [4.78, 5) is 27.3. The molecule has 0 aliphatic carbocycles. The summed E-state index contributed by atoms with van der Waals surface area (Å²) in [5.41, 5.74) is 1.27. The maximum absolute atomic E-state index is 12.7. The summed E-state index contributed by atoms with van der Waals surface area (Å²) < 4.78 is 0. The number of nitrogens with one attached hydrogen (secondary N) is 2. The predicted octanol–water partition coefficient (Wildman–Crippen LogP) is 4.67. The van der Waals surface area contributed by atoms with Gasteiger partial charge >= 0.3 is 0 Å². The van der Waals surface area contributed by atoms with E-state index in [2.05, 4.69) is 10.6 Å². The van der Waals surface area contributed by atoms with E-state index in [1.54, 1.807) is 18.2 Å². The van der Waals surface area contributed by atoms with Crippen molar-refractivity contribution in [2.75, 3.05) is 23.7 Å². The Hall–Kier alpha value is -2.08.